The number of rotatable bonds is 4. The summed E-state index contributed by atoms with van der Waals surface area (Å²) in [7, 11) is 0. The van der Waals surface area contributed by atoms with Gasteiger partial charge in [-0.05, 0) is 81.2 Å². The fourth-order valence-electron chi connectivity index (χ4n) is 9.13. The number of hydrogen-bond acceptors (Lipinski definition) is 6. The molecule has 0 bridgehead atoms. The Bertz CT molecular complexity index is 3870. The largest absolute Gasteiger partial charge is 0.456 e. The van der Waals surface area contributed by atoms with Crippen LogP contribution in [0.15, 0.2) is 185 Å². The van der Waals surface area contributed by atoms with E-state index < -0.39 is 0 Å². The molecule has 9 aromatic carbocycles. The van der Waals surface area contributed by atoms with E-state index in [0.29, 0.717) is 17.5 Å². The summed E-state index contributed by atoms with van der Waals surface area (Å²) in [6.45, 7) is 0. The van der Waals surface area contributed by atoms with Crippen LogP contribution in [0.25, 0.3) is 131 Å². The van der Waals surface area contributed by atoms with Crippen LogP contribution in [0.3, 0.4) is 0 Å². The zero-order chi connectivity index (χ0) is 38.6. The molecule has 0 unspecified atom stereocenters. The first-order valence-corrected chi connectivity index (χ1v) is 20.5. The predicted molar refractivity (Wildman–Crippen MR) is 244 cm³/mol. The highest BCUT2D eigenvalue weighted by atomic mass is 32.1. The van der Waals surface area contributed by atoms with Gasteiger partial charge in [0.1, 0.15) is 22.3 Å². The molecule has 0 aliphatic carbocycles. The van der Waals surface area contributed by atoms with E-state index >= 15 is 0 Å². The molecule has 13 rings (SSSR count). The fraction of sp³-hybridized carbons (Fsp3) is 0. The number of nitrogens with zero attached hydrogens (tertiary/aromatic N) is 3. The van der Waals surface area contributed by atoms with Crippen LogP contribution in [0.1, 0.15) is 0 Å². The molecular formula is C53H29N3O2S. The van der Waals surface area contributed by atoms with Gasteiger partial charge >= 0.3 is 0 Å². The van der Waals surface area contributed by atoms with Gasteiger partial charge in [0.2, 0.25) is 0 Å². The molecule has 0 atom stereocenters. The first-order valence-electron chi connectivity index (χ1n) is 19.7. The molecule has 13 aromatic rings. The van der Waals surface area contributed by atoms with Gasteiger partial charge in [-0.3, -0.25) is 0 Å². The summed E-state index contributed by atoms with van der Waals surface area (Å²) in [6, 6.07) is 61.4. The molecule has 0 N–H and O–H groups in total. The Hall–Kier alpha value is -7.67. The van der Waals surface area contributed by atoms with E-state index in [-0.39, 0.29) is 0 Å². The van der Waals surface area contributed by atoms with E-state index in [9.17, 15) is 0 Å². The summed E-state index contributed by atoms with van der Waals surface area (Å²) in [5.41, 5.74) is 8.59. The quantitative estimate of drug-likeness (QED) is 0.178. The van der Waals surface area contributed by atoms with Crippen molar-refractivity contribution in [3.63, 3.8) is 0 Å². The summed E-state index contributed by atoms with van der Waals surface area (Å²) in [6.07, 6.45) is 0. The third-order valence-corrected chi connectivity index (χ3v) is 12.9. The summed E-state index contributed by atoms with van der Waals surface area (Å²) >= 11 is 1.79. The van der Waals surface area contributed by atoms with Gasteiger partial charge in [-0.2, -0.15) is 0 Å². The van der Waals surface area contributed by atoms with E-state index in [4.69, 9.17) is 23.8 Å². The van der Waals surface area contributed by atoms with Crippen molar-refractivity contribution in [2.45, 2.75) is 0 Å². The topological polar surface area (TPSA) is 65.0 Å². The van der Waals surface area contributed by atoms with Gasteiger partial charge in [0.05, 0.1) is 0 Å². The first kappa shape index (κ1) is 32.4. The van der Waals surface area contributed by atoms with Gasteiger partial charge in [-0.15, -0.1) is 11.3 Å². The van der Waals surface area contributed by atoms with Crippen LogP contribution in [-0.2, 0) is 0 Å². The maximum atomic E-state index is 6.31. The van der Waals surface area contributed by atoms with Crippen LogP contribution in [0.2, 0.25) is 0 Å². The van der Waals surface area contributed by atoms with Crippen molar-refractivity contribution in [2.24, 2.45) is 0 Å². The lowest BCUT2D eigenvalue weighted by Gasteiger charge is -2.14. The zero-order valence-corrected chi connectivity index (χ0v) is 32.1. The SMILES string of the molecule is c1ccc2c(c1)oc1cccc(-c3ccc(-c4nc(-c5ccc6c(ccc7oc8ccccc8c76)c5)nc(-c5cccc6sc7ccccc7c56)n4)c4ccccc34)c12. The molecule has 4 heterocycles. The van der Waals surface area contributed by atoms with Crippen LogP contribution in [0, 0.1) is 0 Å². The Morgan fingerprint density at radius 3 is 1.71 bits per heavy atom. The van der Waals surface area contributed by atoms with Crippen molar-refractivity contribution in [2.75, 3.05) is 0 Å². The van der Waals surface area contributed by atoms with Crippen LogP contribution in [-0.4, -0.2) is 15.0 Å². The Kier molecular flexibility index (Phi) is 6.82. The first-order chi connectivity index (χ1) is 29.2. The molecule has 0 fully saturated rings. The standard InChI is InChI=1S/C53H29N3O2S/c1-2-12-34-33(11-1)35(36-16-9-20-44-49(36)39-14-4-7-19-43(39)57-44)26-27-37(34)52-54-51(55-53(56-52)41-17-10-22-47-50(41)40-15-5-8-21-46(40)59-47)31-23-25-32-30(29-31)24-28-45-48(32)38-13-3-6-18-42(38)58-45/h1-29H. The van der Waals surface area contributed by atoms with Gasteiger partial charge < -0.3 is 8.83 Å². The summed E-state index contributed by atoms with van der Waals surface area (Å²) < 4.78 is 15.0. The molecule has 6 heteroatoms. The van der Waals surface area contributed by atoms with Crippen molar-refractivity contribution in [1.29, 1.82) is 0 Å². The van der Waals surface area contributed by atoms with Crippen molar-refractivity contribution < 1.29 is 8.83 Å². The van der Waals surface area contributed by atoms with E-state index in [0.717, 1.165) is 98.6 Å². The summed E-state index contributed by atoms with van der Waals surface area (Å²) in [5.74, 6) is 1.87. The lowest BCUT2D eigenvalue weighted by molar-refractivity contribution is 0.668. The number of fused-ring (bicyclic) bond motifs is 12. The van der Waals surface area contributed by atoms with Gasteiger partial charge in [-0.25, -0.2) is 15.0 Å². The maximum Gasteiger partial charge on any atom is 0.164 e. The molecule has 0 radical (unpaired) electrons. The normalized spacial score (nSPS) is 12.1. The highest BCUT2D eigenvalue weighted by Gasteiger charge is 2.21. The molecular weight excluding hydrogens is 743 g/mol. The molecule has 0 saturated heterocycles. The molecule has 0 aliphatic rings. The van der Waals surface area contributed by atoms with Crippen LogP contribution in [0.5, 0.6) is 0 Å². The molecule has 0 saturated carbocycles. The zero-order valence-electron chi connectivity index (χ0n) is 31.3. The van der Waals surface area contributed by atoms with E-state index in [2.05, 4.69) is 146 Å². The minimum atomic E-state index is 0.614. The lowest BCUT2D eigenvalue weighted by Crippen LogP contribution is -2.01. The third-order valence-electron chi connectivity index (χ3n) is 11.8. The number of para-hydroxylation sites is 2. The van der Waals surface area contributed by atoms with Crippen molar-refractivity contribution in [3.05, 3.63) is 176 Å². The smallest absolute Gasteiger partial charge is 0.164 e. The van der Waals surface area contributed by atoms with Crippen LogP contribution < -0.4 is 0 Å². The summed E-state index contributed by atoms with van der Waals surface area (Å²) in [4.78, 5) is 16.0. The summed E-state index contributed by atoms with van der Waals surface area (Å²) in [5, 5.41) is 11.2. The van der Waals surface area contributed by atoms with Crippen LogP contribution >= 0.6 is 11.3 Å². The molecule has 0 spiro atoms. The number of benzene rings is 9. The second kappa shape index (κ2) is 12.4. The number of thiophene rings is 1. The minimum absolute atomic E-state index is 0.614. The Morgan fingerprint density at radius 1 is 0.322 bits per heavy atom. The Labute approximate surface area is 340 Å². The second-order valence-electron chi connectivity index (χ2n) is 15.0. The number of furan rings is 2. The Balaban J connectivity index is 1.06. The highest BCUT2D eigenvalue weighted by molar-refractivity contribution is 7.25. The van der Waals surface area contributed by atoms with E-state index in [1.54, 1.807) is 11.3 Å². The molecule has 59 heavy (non-hydrogen) atoms. The number of hydrogen-bond donors (Lipinski definition) is 0. The van der Waals surface area contributed by atoms with E-state index in [1.807, 2.05) is 30.3 Å². The van der Waals surface area contributed by atoms with Crippen molar-refractivity contribution in [1.82, 2.24) is 15.0 Å². The van der Waals surface area contributed by atoms with Crippen molar-refractivity contribution >= 4 is 96.9 Å². The van der Waals surface area contributed by atoms with Crippen LogP contribution in [0.4, 0.5) is 0 Å². The molecule has 0 aliphatic heterocycles. The average Bonchev–Trinajstić information content (AvgIpc) is 4.00. The van der Waals surface area contributed by atoms with Gasteiger partial charge in [0, 0.05) is 58.4 Å². The third kappa shape index (κ3) is 4.87. The lowest BCUT2D eigenvalue weighted by atomic mass is 9.92. The van der Waals surface area contributed by atoms with Gasteiger partial charge in [0.15, 0.2) is 17.5 Å². The predicted octanol–water partition coefficient (Wildman–Crippen LogP) is 15.0. The highest BCUT2D eigenvalue weighted by Crippen LogP contribution is 2.43. The second-order valence-corrected chi connectivity index (χ2v) is 16.1. The van der Waals surface area contributed by atoms with Crippen molar-refractivity contribution in [3.8, 4) is 45.3 Å². The van der Waals surface area contributed by atoms with E-state index in [1.165, 1.54) is 14.8 Å². The van der Waals surface area contributed by atoms with Gasteiger partial charge in [-0.1, -0.05) is 127 Å². The molecule has 5 nitrogen and oxygen atoms in total. The molecule has 0 amide bonds. The van der Waals surface area contributed by atoms with Gasteiger partial charge in [0.25, 0.3) is 0 Å². The number of aromatic nitrogens is 3. The fourth-order valence-corrected chi connectivity index (χ4v) is 10.3. The minimum Gasteiger partial charge on any atom is -0.456 e. The average molecular weight is 772 g/mol. The molecule has 4 aromatic heterocycles. The maximum absolute atomic E-state index is 6.31. The Morgan fingerprint density at radius 2 is 0.898 bits per heavy atom. The monoisotopic (exact) mass is 771 g/mol. The molecule has 274 valence electrons.